The third-order valence-electron chi connectivity index (χ3n) is 3.35. The van der Waals surface area contributed by atoms with E-state index in [2.05, 4.69) is 4.98 Å². The van der Waals surface area contributed by atoms with Gasteiger partial charge in [-0.1, -0.05) is 42.1 Å². The van der Waals surface area contributed by atoms with Gasteiger partial charge in [0.2, 0.25) is 0 Å². The molecule has 1 heterocycles. The first-order valence-corrected chi connectivity index (χ1v) is 7.45. The largest absolute Gasteiger partial charge is 0.348 e. The van der Waals surface area contributed by atoms with E-state index in [9.17, 15) is 13.6 Å². The highest BCUT2D eigenvalue weighted by Crippen LogP contribution is 2.31. The number of nitrogens with zero attached hydrogens (tertiary/aromatic N) is 2. The van der Waals surface area contributed by atoms with Crippen molar-refractivity contribution in [2.24, 2.45) is 7.05 Å². The molecule has 6 heteroatoms. The van der Waals surface area contributed by atoms with Crippen LogP contribution >= 0.6 is 11.8 Å². The second kappa shape index (κ2) is 5.88. The average Bonchev–Trinajstić information content (AvgIpc) is 2.51. The molecule has 1 aromatic heterocycles. The number of aromatic nitrogens is 2. The van der Waals surface area contributed by atoms with Crippen LogP contribution in [0.1, 0.15) is 0 Å². The van der Waals surface area contributed by atoms with Crippen LogP contribution in [-0.2, 0) is 7.05 Å². The van der Waals surface area contributed by atoms with E-state index in [-0.39, 0.29) is 5.69 Å². The Labute approximate surface area is 129 Å². The van der Waals surface area contributed by atoms with Crippen LogP contribution < -0.4 is 5.69 Å². The summed E-state index contributed by atoms with van der Waals surface area (Å²) < 4.78 is 26.6. The Balaban J connectivity index is 2.30. The number of fused-ring (bicyclic) bond motifs is 1. The van der Waals surface area contributed by atoms with Crippen LogP contribution in [0.2, 0.25) is 0 Å². The van der Waals surface area contributed by atoms with Gasteiger partial charge in [-0.3, -0.25) is 4.57 Å². The fraction of sp³-hybridized carbons (Fsp3) is 0.125. The molecule has 0 unspecified atom stereocenters. The molecule has 0 saturated heterocycles. The van der Waals surface area contributed by atoms with Gasteiger partial charge in [-0.25, -0.2) is 4.79 Å². The summed E-state index contributed by atoms with van der Waals surface area (Å²) >= 11 is 0.479. The van der Waals surface area contributed by atoms with Gasteiger partial charge in [0, 0.05) is 22.9 Å². The van der Waals surface area contributed by atoms with Crippen molar-refractivity contribution >= 4 is 22.7 Å². The van der Waals surface area contributed by atoms with Crippen molar-refractivity contribution in [3.63, 3.8) is 0 Å². The lowest BCUT2D eigenvalue weighted by Gasteiger charge is -2.11. The Morgan fingerprint density at radius 1 is 1.14 bits per heavy atom. The first kappa shape index (κ1) is 14.7. The van der Waals surface area contributed by atoms with Gasteiger partial charge in [-0.2, -0.15) is 13.8 Å². The number of hydrogen-bond acceptors (Lipinski definition) is 3. The van der Waals surface area contributed by atoms with Crippen LogP contribution in [0.3, 0.4) is 0 Å². The molecular weight excluding hydrogens is 306 g/mol. The third kappa shape index (κ3) is 2.74. The third-order valence-corrected chi connectivity index (χ3v) is 4.06. The predicted octanol–water partition coefficient (Wildman–Crippen LogP) is 3.92. The second-order valence-electron chi connectivity index (χ2n) is 4.73. The van der Waals surface area contributed by atoms with Crippen molar-refractivity contribution in [3.05, 3.63) is 59.0 Å². The van der Waals surface area contributed by atoms with E-state index in [1.807, 2.05) is 30.3 Å². The van der Waals surface area contributed by atoms with E-state index < -0.39 is 5.76 Å². The Hall–Kier alpha value is -2.21. The number of halogens is 2. The maximum absolute atomic E-state index is 12.6. The van der Waals surface area contributed by atoms with Gasteiger partial charge in [0.15, 0.2) is 0 Å². The van der Waals surface area contributed by atoms with Gasteiger partial charge in [-0.05, 0) is 18.2 Å². The van der Waals surface area contributed by atoms with Crippen molar-refractivity contribution < 1.29 is 8.78 Å². The van der Waals surface area contributed by atoms with E-state index in [0.29, 0.717) is 33.3 Å². The first-order valence-electron chi connectivity index (χ1n) is 6.57. The highest BCUT2D eigenvalue weighted by Gasteiger charge is 2.12. The molecule has 0 aliphatic carbocycles. The number of benzene rings is 2. The Bertz CT molecular complexity index is 878. The van der Waals surface area contributed by atoms with Crippen LogP contribution in [0.5, 0.6) is 0 Å². The molecule has 0 N–H and O–H groups in total. The summed E-state index contributed by atoms with van der Waals surface area (Å²) in [5, 5.41) is 0.680. The molecule has 0 atom stereocenters. The molecule has 0 aliphatic rings. The molecule has 0 fully saturated rings. The fourth-order valence-electron chi connectivity index (χ4n) is 2.32. The molecule has 3 rings (SSSR count). The zero-order valence-corrected chi connectivity index (χ0v) is 12.5. The number of alkyl halides is 2. The lowest BCUT2D eigenvalue weighted by molar-refractivity contribution is 0.252. The van der Waals surface area contributed by atoms with E-state index in [4.69, 9.17) is 0 Å². The summed E-state index contributed by atoms with van der Waals surface area (Å²) in [5.74, 6) is -2.49. The van der Waals surface area contributed by atoms with Gasteiger partial charge >= 0.3 is 5.69 Å². The summed E-state index contributed by atoms with van der Waals surface area (Å²) in [5.41, 5.74) is 1.58. The van der Waals surface area contributed by atoms with Crippen LogP contribution in [0.4, 0.5) is 8.78 Å². The lowest BCUT2D eigenvalue weighted by Crippen LogP contribution is -2.21. The monoisotopic (exact) mass is 318 g/mol. The van der Waals surface area contributed by atoms with Crippen LogP contribution in [0.25, 0.3) is 22.2 Å². The average molecular weight is 318 g/mol. The minimum Gasteiger partial charge on any atom is -0.295 e. The van der Waals surface area contributed by atoms with Gasteiger partial charge in [0.05, 0.1) is 11.2 Å². The summed E-state index contributed by atoms with van der Waals surface area (Å²) in [7, 11) is 1.62. The molecule has 2 aromatic carbocycles. The van der Waals surface area contributed by atoms with E-state index >= 15 is 0 Å². The lowest BCUT2D eigenvalue weighted by atomic mass is 10.1. The summed E-state index contributed by atoms with van der Waals surface area (Å²) in [6.07, 6.45) is 0. The van der Waals surface area contributed by atoms with E-state index in [1.165, 1.54) is 4.57 Å². The molecule has 0 saturated carbocycles. The standard InChI is InChI=1S/C16H12F2N2OS/c1-20-13-8-7-11(22-15(17)18)9-12(13)14(19-16(20)21)10-5-3-2-4-6-10/h2-9,15H,1H3. The Morgan fingerprint density at radius 3 is 2.55 bits per heavy atom. The SMILES string of the molecule is Cn1c(=O)nc(-c2ccccc2)c2cc(SC(F)F)ccc21. The molecule has 3 nitrogen and oxygen atoms in total. The van der Waals surface area contributed by atoms with E-state index in [1.54, 1.807) is 25.2 Å². The molecule has 0 amide bonds. The summed E-state index contributed by atoms with van der Waals surface area (Å²) in [4.78, 5) is 16.6. The minimum absolute atomic E-state index is 0.374. The van der Waals surface area contributed by atoms with Crippen molar-refractivity contribution in [2.75, 3.05) is 0 Å². The quantitative estimate of drug-likeness (QED) is 0.687. The molecule has 22 heavy (non-hydrogen) atoms. The number of aryl methyl sites for hydroxylation is 1. The van der Waals surface area contributed by atoms with Gasteiger partial charge in [-0.15, -0.1) is 0 Å². The van der Waals surface area contributed by atoms with Crippen molar-refractivity contribution in [2.45, 2.75) is 10.7 Å². The Kier molecular flexibility index (Phi) is 3.94. The highest BCUT2D eigenvalue weighted by atomic mass is 32.2. The van der Waals surface area contributed by atoms with Crippen molar-refractivity contribution in [1.29, 1.82) is 0 Å². The highest BCUT2D eigenvalue weighted by molar-refractivity contribution is 7.99. The Morgan fingerprint density at radius 2 is 1.86 bits per heavy atom. The number of rotatable bonds is 3. The van der Waals surface area contributed by atoms with Crippen LogP contribution in [0.15, 0.2) is 58.2 Å². The number of thioether (sulfide) groups is 1. The second-order valence-corrected chi connectivity index (χ2v) is 5.79. The molecule has 0 radical (unpaired) electrons. The molecule has 0 spiro atoms. The smallest absolute Gasteiger partial charge is 0.295 e. The zero-order chi connectivity index (χ0) is 15.7. The van der Waals surface area contributed by atoms with Crippen LogP contribution in [-0.4, -0.2) is 15.3 Å². The minimum atomic E-state index is -2.49. The predicted molar refractivity (Wildman–Crippen MR) is 84.3 cm³/mol. The number of hydrogen-bond donors (Lipinski definition) is 0. The summed E-state index contributed by atoms with van der Waals surface area (Å²) in [6.45, 7) is 0. The maximum atomic E-state index is 12.6. The van der Waals surface area contributed by atoms with Gasteiger partial charge < -0.3 is 0 Å². The van der Waals surface area contributed by atoms with Crippen LogP contribution in [0, 0.1) is 0 Å². The van der Waals surface area contributed by atoms with E-state index in [0.717, 1.165) is 5.56 Å². The summed E-state index contributed by atoms with van der Waals surface area (Å²) in [6, 6.07) is 14.2. The molecular formula is C16H12F2N2OS. The fourth-order valence-corrected chi connectivity index (χ4v) is 2.86. The molecule has 112 valence electrons. The molecule has 3 aromatic rings. The topological polar surface area (TPSA) is 34.9 Å². The normalized spacial score (nSPS) is 11.3. The molecule has 0 bridgehead atoms. The van der Waals surface area contributed by atoms with Gasteiger partial charge in [0.25, 0.3) is 5.76 Å². The van der Waals surface area contributed by atoms with Crippen molar-refractivity contribution in [3.8, 4) is 11.3 Å². The van der Waals surface area contributed by atoms with Gasteiger partial charge in [0.1, 0.15) is 0 Å². The maximum Gasteiger partial charge on any atom is 0.348 e. The zero-order valence-electron chi connectivity index (χ0n) is 11.7. The van der Waals surface area contributed by atoms with Crippen molar-refractivity contribution in [1.82, 2.24) is 9.55 Å². The molecule has 0 aliphatic heterocycles. The first-order chi connectivity index (χ1) is 10.6.